The molecule has 0 aliphatic carbocycles. The maximum Gasteiger partial charge on any atom is 0.195 e. The lowest BCUT2D eigenvalue weighted by Crippen LogP contribution is -1.99. The number of hydrogen-bond acceptors (Lipinski definition) is 5. The molecule has 2 aromatic heterocycles. The van der Waals surface area contributed by atoms with Crippen molar-refractivity contribution in [1.29, 1.82) is 0 Å². The molecule has 78 valence electrons. The van der Waals surface area contributed by atoms with Gasteiger partial charge in [0, 0.05) is 43.9 Å². The van der Waals surface area contributed by atoms with Crippen LogP contribution in [0.2, 0.25) is 0 Å². The zero-order valence-electron chi connectivity index (χ0n) is 8.29. The van der Waals surface area contributed by atoms with Crippen molar-refractivity contribution in [3.8, 4) is 0 Å². The van der Waals surface area contributed by atoms with Crippen LogP contribution in [-0.2, 0) is 13.6 Å². The quantitative estimate of drug-likeness (QED) is 0.777. The second-order valence-electron chi connectivity index (χ2n) is 3.00. The summed E-state index contributed by atoms with van der Waals surface area (Å²) in [4.78, 5) is 12.5. The Morgan fingerprint density at radius 1 is 1.33 bits per heavy atom. The molecule has 0 aromatic carbocycles. The highest BCUT2D eigenvalue weighted by atomic mass is 32.2. The third-order valence-corrected chi connectivity index (χ3v) is 2.85. The number of aryl methyl sites for hydroxylation is 1. The standard InChI is InChI=1S/C9H11N5S/c1-14-3-2-11-9(14)15-8-12-5-7(4-10)6-13-8/h2-3,5-6H,4,10H2,1H3. The molecular weight excluding hydrogens is 210 g/mol. The molecule has 0 fully saturated rings. The van der Waals surface area contributed by atoms with E-state index < -0.39 is 0 Å². The Morgan fingerprint density at radius 3 is 2.60 bits per heavy atom. The van der Waals surface area contributed by atoms with Gasteiger partial charge in [-0.25, -0.2) is 15.0 Å². The number of nitrogens with zero attached hydrogens (tertiary/aromatic N) is 4. The van der Waals surface area contributed by atoms with Gasteiger partial charge >= 0.3 is 0 Å². The van der Waals surface area contributed by atoms with Crippen molar-refractivity contribution in [2.24, 2.45) is 12.8 Å². The predicted molar refractivity (Wildman–Crippen MR) is 57.3 cm³/mol. The lowest BCUT2D eigenvalue weighted by molar-refractivity contribution is 0.784. The van der Waals surface area contributed by atoms with Crippen molar-refractivity contribution in [1.82, 2.24) is 19.5 Å². The highest BCUT2D eigenvalue weighted by Crippen LogP contribution is 2.21. The topological polar surface area (TPSA) is 69.6 Å². The average Bonchev–Trinajstić information content (AvgIpc) is 2.66. The molecule has 0 aliphatic heterocycles. The molecular formula is C9H11N5S. The van der Waals surface area contributed by atoms with Gasteiger partial charge in [0.25, 0.3) is 0 Å². The van der Waals surface area contributed by atoms with Crippen LogP contribution in [0, 0.1) is 0 Å². The molecule has 2 aromatic rings. The zero-order chi connectivity index (χ0) is 10.7. The summed E-state index contributed by atoms with van der Waals surface area (Å²) in [7, 11) is 1.93. The molecule has 0 radical (unpaired) electrons. The van der Waals surface area contributed by atoms with Crippen LogP contribution in [0.4, 0.5) is 0 Å². The van der Waals surface area contributed by atoms with Gasteiger partial charge in [-0.15, -0.1) is 0 Å². The fourth-order valence-electron chi connectivity index (χ4n) is 1.03. The summed E-state index contributed by atoms with van der Waals surface area (Å²) >= 11 is 1.43. The third-order valence-electron chi connectivity index (χ3n) is 1.88. The van der Waals surface area contributed by atoms with E-state index in [1.165, 1.54) is 11.8 Å². The van der Waals surface area contributed by atoms with E-state index in [9.17, 15) is 0 Å². The first-order chi connectivity index (χ1) is 7.29. The van der Waals surface area contributed by atoms with Crippen molar-refractivity contribution in [2.45, 2.75) is 16.9 Å². The molecule has 0 spiro atoms. The van der Waals surface area contributed by atoms with Crippen LogP contribution in [0.1, 0.15) is 5.56 Å². The Kier molecular flexibility index (Phi) is 2.98. The number of imidazole rings is 1. The van der Waals surface area contributed by atoms with Gasteiger partial charge in [0.05, 0.1) is 0 Å². The Bertz CT molecular complexity index is 436. The molecule has 0 atom stereocenters. The molecule has 0 saturated carbocycles. The first kappa shape index (κ1) is 10.1. The van der Waals surface area contributed by atoms with Gasteiger partial charge in [-0.05, 0) is 11.8 Å². The monoisotopic (exact) mass is 221 g/mol. The third kappa shape index (κ3) is 2.34. The average molecular weight is 221 g/mol. The molecule has 5 nitrogen and oxygen atoms in total. The van der Waals surface area contributed by atoms with E-state index in [4.69, 9.17) is 5.73 Å². The van der Waals surface area contributed by atoms with Crippen molar-refractivity contribution in [2.75, 3.05) is 0 Å². The highest BCUT2D eigenvalue weighted by molar-refractivity contribution is 7.99. The summed E-state index contributed by atoms with van der Waals surface area (Å²) in [6.45, 7) is 0.466. The minimum atomic E-state index is 0.466. The normalized spacial score (nSPS) is 10.5. The molecule has 6 heteroatoms. The Hall–Kier alpha value is -1.40. The molecule has 15 heavy (non-hydrogen) atoms. The van der Waals surface area contributed by atoms with Gasteiger partial charge in [-0.2, -0.15) is 0 Å². The van der Waals surface area contributed by atoms with E-state index in [0.717, 1.165) is 10.7 Å². The van der Waals surface area contributed by atoms with Crippen LogP contribution in [0.5, 0.6) is 0 Å². The molecule has 0 saturated heterocycles. The van der Waals surface area contributed by atoms with Gasteiger partial charge in [-0.1, -0.05) is 0 Å². The minimum absolute atomic E-state index is 0.466. The largest absolute Gasteiger partial charge is 0.329 e. The zero-order valence-corrected chi connectivity index (χ0v) is 9.11. The lowest BCUT2D eigenvalue weighted by atomic mass is 10.4. The van der Waals surface area contributed by atoms with Crippen molar-refractivity contribution < 1.29 is 0 Å². The first-order valence-electron chi connectivity index (χ1n) is 4.46. The molecule has 0 bridgehead atoms. The molecule has 2 rings (SSSR count). The first-order valence-corrected chi connectivity index (χ1v) is 5.27. The summed E-state index contributed by atoms with van der Waals surface area (Å²) < 4.78 is 1.92. The van der Waals surface area contributed by atoms with Gasteiger partial charge < -0.3 is 10.3 Å². The van der Waals surface area contributed by atoms with E-state index in [2.05, 4.69) is 15.0 Å². The fraction of sp³-hybridized carbons (Fsp3) is 0.222. The fourth-order valence-corrected chi connectivity index (χ4v) is 1.73. The molecule has 0 unspecified atom stereocenters. The van der Waals surface area contributed by atoms with Crippen LogP contribution < -0.4 is 5.73 Å². The predicted octanol–water partition coefficient (Wildman–Crippen LogP) is 0.820. The second kappa shape index (κ2) is 4.41. The lowest BCUT2D eigenvalue weighted by Gasteiger charge is -2.00. The van der Waals surface area contributed by atoms with Crippen molar-refractivity contribution in [3.05, 3.63) is 30.4 Å². The minimum Gasteiger partial charge on any atom is -0.329 e. The maximum atomic E-state index is 5.46. The molecule has 2 N–H and O–H groups in total. The van der Waals surface area contributed by atoms with Crippen molar-refractivity contribution >= 4 is 11.8 Å². The summed E-state index contributed by atoms with van der Waals surface area (Å²) in [6, 6.07) is 0. The molecule has 0 aliphatic rings. The van der Waals surface area contributed by atoms with E-state index >= 15 is 0 Å². The van der Waals surface area contributed by atoms with Crippen molar-refractivity contribution in [3.63, 3.8) is 0 Å². The van der Waals surface area contributed by atoms with Gasteiger partial charge in [0.2, 0.25) is 0 Å². The molecule has 2 heterocycles. The number of rotatable bonds is 3. The van der Waals surface area contributed by atoms with E-state index in [1.807, 2.05) is 17.8 Å². The van der Waals surface area contributed by atoms with Gasteiger partial charge in [0.1, 0.15) is 0 Å². The van der Waals surface area contributed by atoms with Crippen LogP contribution in [0.25, 0.3) is 0 Å². The van der Waals surface area contributed by atoms with E-state index in [1.54, 1.807) is 18.6 Å². The number of aromatic nitrogens is 4. The van der Waals surface area contributed by atoms with Crippen LogP contribution >= 0.6 is 11.8 Å². The van der Waals surface area contributed by atoms with Crippen LogP contribution in [0.3, 0.4) is 0 Å². The van der Waals surface area contributed by atoms with Gasteiger partial charge in [-0.3, -0.25) is 0 Å². The van der Waals surface area contributed by atoms with Crippen LogP contribution in [0.15, 0.2) is 35.1 Å². The summed E-state index contributed by atoms with van der Waals surface area (Å²) in [5.41, 5.74) is 6.39. The Morgan fingerprint density at radius 2 is 2.07 bits per heavy atom. The van der Waals surface area contributed by atoms with Crippen LogP contribution in [-0.4, -0.2) is 19.5 Å². The highest BCUT2D eigenvalue weighted by Gasteiger charge is 2.04. The smallest absolute Gasteiger partial charge is 0.195 e. The number of nitrogens with two attached hydrogens (primary N) is 1. The molecule has 0 amide bonds. The SMILES string of the molecule is Cn1ccnc1Sc1ncc(CN)cn1. The summed E-state index contributed by atoms with van der Waals surface area (Å²) in [5, 5.41) is 1.55. The summed E-state index contributed by atoms with van der Waals surface area (Å²) in [6.07, 6.45) is 7.10. The van der Waals surface area contributed by atoms with E-state index in [-0.39, 0.29) is 0 Å². The second-order valence-corrected chi connectivity index (χ2v) is 3.94. The van der Waals surface area contributed by atoms with Gasteiger partial charge in [0.15, 0.2) is 10.3 Å². The Balaban J connectivity index is 2.14. The number of hydrogen-bond donors (Lipinski definition) is 1. The maximum absolute atomic E-state index is 5.46. The van der Waals surface area contributed by atoms with E-state index in [0.29, 0.717) is 11.7 Å². The Labute approximate surface area is 91.8 Å². The summed E-state index contributed by atoms with van der Waals surface area (Å²) in [5.74, 6) is 0.